The van der Waals surface area contributed by atoms with E-state index in [0.717, 1.165) is 25.7 Å². The van der Waals surface area contributed by atoms with Gasteiger partial charge in [-0.05, 0) is 36.6 Å². The largest absolute Gasteiger partial charge is 0.446 e. The molecule has 0 aliphatic rings. The molecule has 0 bridgehead atoms. The highest BCUT2D eigenvalue weighted by Crippen LogP contribution is 2.22. The lowest BCUT2D eigenvalue weighted by molar-refractivity contribution is 0.386. The third-order valence-corrected chi connectivity index (χ3v) is 5.69. The van der Waals surface area contributed by atoms with Crippen molar-refractivity contribution in [1.82, 2.24) is 0 Å². The van der Waals surface area contributed by atoms with E-state index in [4.69, 9.17) is 4.55 Å². The molecule has 0 saturated heterocycles. The van der Waals surface area contributed by atoms with Gasteiger partial charge in [-0.25, -0.2) is 8.42 Å². The molecule has 0 heterocycles. The molecule has 0 spiro atoms. The van der Waals surface area contributed by atoms with Crippen molar-refractivity contribution < 1.29 is 25.6 Å². The Bertz CT molecular complexity index is 662. The number of sulfone groups is 1. The molecule has 1 unspecified atom stereocenters. The first kappa shape index (κ1) is 18.9. The van der Waals surface area contributed by atoms with Crippen LogP contribution in [-0.4, -0.2) is 27.1 Å². The summed E-state index contributed by atoms with van der Waals surface area (Å²) in [7, 11) is -8.04. The molecule has 1 rings (SSSR count). The van der Waals surface area contributed by atoms with Crippen molar-refractivity contribution in [2.24, 2.45) is 5.92 Å². The van der Waals surface area contributed by atoms with Crippen LogP contribution in [0.4, 0.5) is 0 Å². The predicted octanol–water partition coefficient (Wildman–Crippen LogP) is 2.86. The molecule has 0 aromatic heterocycles. The summed E-state index contributed by atoms with van der Waals surface area (Å²) >= 11 is 0. The lowest BCUT2D eigenvalue weighted by Crippen LogP contribution is -2.16. The van der Waals surface area contributed by atoms with Gasteiger partial charge in [-0.1, -0.05) is 33.1 Å². The normalized spacial score (nSPS) is 13.8. The van der Waals surface area contributed by atoms with Crippen LogP contribution in [0.2, 0.25) is 0 Å². The highest BCUT2D eigenvalue weighted by atomic mass is 32.3. The van der Waals surface area contributed by atoms with Crippen molar-refractivity contribution in [3.8, 4) is 5.75 Å². The molecule has 8 heteroatoms. The maximum absolute atomic E-state index is 12.4. The van der Waals surface area contributed by atoms with E-state index in [2.05, 4.69) is 11.1 Å². The average Bonchev–Trinajstić information content (AvgIpc) is 2.42. The van der Waals surface area contributed by atoms with Crippen LogP contribution in [0.1, 0.15) is 39.5 Å². The van der Waals surface area contributed by atoms with Crippen LogP contribution >= 0.6 is 0 Å². The molecule has 1 atom stereocenters. The number of hydrogen-bond donors (Lipinski definition) is 1. The number of benzene rings is 1. The number of unbranched alkanes of at least 4 members (excludes halogenated alkanes) is 1. The van der Waals surface area contributed by atoms with Gasteiger partial charge in [0, 0.05) is 0 Å². The molecule has 1 aromatic rings. The highest BCUT2D eigenvalue weighted by Gasteiger charge is 2.20. The lowest BCUT2D eigenvalue weighted by atomic mass is 10.0. The Hall–Kier alpha value is -1.12. The van der Waals surface area contributed by atoms with Gasteiger partial charge < -0.3 is 4.18 Å². The average molecular weight is 350 g/mol. The first-order chi connectivity index (χ1) is 10.2. The molecule has 0 amide bonds. The van der Waals surface area contributed by atoms with Crippen molar-refractivity contribution in [3.63, 3.8) is 0 Å². The maximum atomic E-state index is 12.4. The number of rotatable bonds is 9. The zero-order chi connectivity index (χ0) is 16.8. The van der Waals surface area contributed by atoms with Gasteiger partial charge in [-0.3, -0.25) is 4.55 Å². The molecule has 0 saturated carbocycles. The minimum atomic E-state index is -4.61. The van der Waals surface area contributed by atoms with Crippen LogP contribution < -0.4 is 4.18 Å². The molecular formula is C14H22O6S2. The van der Waals surface area contributed by atoms with Crippen LogP contribution in [0.5, 0.6) is 5.75 Å². The minimum absolute atomic E-state index is 0.0714. The van der Waals surface area contributed by atoms with E-state index >= 15 is 0 Å². The molecule has 126 valence electrons. The van der Waals surface area contributed by atoms with Gasteiger partial charge >= 0.3 is 10.4 Å². The third-order valence-electron chi connectivity index (χ3n) is 3.38. The SMILES string of the molecule is CCCCC(CC)CS(=O)(=O)c1ccc(OS(=O)(=O)O)cc1. The minimum Gasteiger partial charge on any atom is -0.362 e. The van der Waals surface area contributed by atoms with Crippen LogP contribution in [0.25, 0.3) is 0 Å². The van der Waals surface area contributed by atoms with Crippen molar-refractivity contribution in [2.75, 3.05) is 5.75 Å². The molecular weight excluding hydrogens is 328 g/mol. The van der Waals surface area contributed by atoms with Crippen molar-refractivity contribution in [3.05, 3.63) is 24.3 Å². The summed E-state index contributed by atoms with van der Waals surface area (Å²) in [5, 5.41) is 0. The maximum Gasteiger partial charge on any atom is 0.446 e. The summed E-state index contributed by atoms with van der Waals surface area (Å²) < 4.78 is 58.7. The van der Waals surface area contributed by atoms with Gasteiger partial charge in [0.2, 0.25) is 0 Å². The van der Waals surface area contributed by atoms with Crippen molar-refractivity contribution in [1.29, 1.82) is 0 Å². The van der Waals surface area contributed by atoms with Gasteiger partial charge in [0.25, 0.3) is 0 Å². The fraction of sp³-hybridized carbons (Fsp3) is 0.571. The summed E-state index contributed by atoms with van der Waals surface area (Å²) in [6, 6.07) is 4.96. The molecule has 0 fully saturated rings. The van der Waals surface area contributed by atoms with Crippen LogP contribution in [0.3, 0.4) is 0 Å². The van der Waals surface area contributed by atoms with Crippen LogP contribution in [-0.2, 0) is 20.2 Å². The van der Waals surface area contributed by atoms with Crippen molar-refractivity contribution in [2.45, 2.75) is 44.4 Å². The summed E-state index contributed by atoms with van der Waals surface area (Å²) in [5.74, 6) is 0.0420. The van der Waals surface area contributed by atoms with E-state index in [9.17, 15) is 16.8 Å². The first-order valence-corrected chi connectivity index (χ1v) is 10.2. The van der Waals surface area contributed by atoms with E-state index in [1.54, 1.807) is 0 Å². The zero-order valence-corrected chi connectivity index (χ0v) is 14.4. The van der Waals surface area contributed by atoms with E-state index in [1.165, 1.54) is 24.3 Å². The Labute approximate surface area is 132 Å². The topological polar surface area (TPSA) is 97.7 Å². The second kappa shape index (κ2) is 7.94. The Morgan fingerprint density at radius 1 is 1.09 bits per heavy atom. The van der Waals surface area contributed by atoms with E-state index < -0.39 is 20.2 Å². The first-order valence-electron chi connectivity index (χ1n) is 7.17. The van der Waals surface area contributed by atoms with Crippen molar-refractivity contribution >= 4 is 20.2 Å². The molecule has 1 aromatic carbocycles. The Morgan fingerprint density at radius 2 is 1.68 bits per heavy atom. The molecule has 1 N–H and O–H groups in total. The third kappa shape index (κ3) is 6.33. The summed E-state index contributed by atoms with van der Waals surface area (Å²) in [5.41, 5.74) is 0. The second-order valence-electron chi connectivity index (χ2n) is 5.18. The quantitative estimate of drug-likeness (QED) is 0.688. The van der Waals surface area contributed by atoms with Crippen LogP contribution in [0, 0.1) is 5.92 Å². The zero-order valence-electron chi connectivity index (χ0n) is 12.7. The van der Waals surface area contributed by atoms with E-state index in [1.807, 2.05) is 6.92 Å². The summed E-state index contributed by atoms with van der Waals surface area (Å²) in [6.07, 6.45) is 3.69. The highest BCUT2D eigenvalue weighted by molar-refractivity contribution is 7.91. The Balaban J connectivity index is 2.84. The molecule has 22 heavy (non-hydrogen) atoms. The van der Waals surface area contributed by atoms with Crippen LogP contribution in [0.15, 0.2) is 29.2 Å². The molecule has 0 aliphatic heterocycles. The smallest absolute Gasteiger partial charge is 0.362 e. The standard InChI is InChI=1S/C14H22O6S2/c1-3-5-6-12(4-2)11-21(15,16)14-9-7-13(8-10-14)20-22(17,18)19/h7-10,12H,3-6,11H2,1-2H3,(H,17,18,19). The predicted molar refractivity (Wildman–Crippen MR) is 84.0 cm³/mol. The summed E-state index contributed by atoms with van der Waals surface area (Å²) in [4.78, 5) is 0.116. The fourth-order valence-corrected chi connectivity index (χ4v) is 4.25. The molecule has 0 radical (unpaired) electrons. The van der Waals surface area contributed by atoms with Gasteiger partial charge in [-0.2, -0.15) is 8.42 Å². The molecule has 0 aliphatic carbocycles. The van der Waals surface area contributed by atoms with Gasteiger partial charge in [0.05, 0.1) is 10.6 Å². The molecule has 6 nitrogen and oxygen atoms in total. The van der Waals surface area contributed by atoms with Gasteiger partial charge in [0.1, 0.15) is 5.75 Å². The summed E-state index contributed by atoms with van der Waals surface area (Å²) in [6.45, 7) is 4.04. The second-order valence-corrected chi connectivity index (χ2v) is 8.24. The van der Waals surface area contributed by atoms with E-state index in [-0.39, 0.29) is 22.3 Å². The Morgan fingerprint density at radius 3 is 2.14 bits per heavy atom. The lowest BCUT2D eigenvalue weighted by Gasteiger charge is -2.14. The van der Waals surface area contributed by atoms with E-state index in [0.29, 0.717) is 0 Å². The van der Waals surface area contributed by atoms with Gasteiger partial charge in [-0.15, -0.1) is 0 Å². The monoisotopic (exact) mass is 350 g/mol. The Kier molecular flexibility index (Phi) is 6.83. The number of hydrogen-bond acceptors (Lipinski definition) is 5. The fourth-order valence-electron chi connectivity index (χ4n) is 2.13. The van der Waals surface area contributed by atoms with Gasteiger partial charge in [0.15, 0.2) is 9.84 Å².